The van der Waals surface area contributed by atoms with Gasteiger partial charge < -0.3 is 4.74 Å². The second kappa shape index (κ2) is 6.52. The van der Waals surface area contributed by atoms with Gasteiger partial charge in [0.15, 0.2) is 0 Å². The summed E-state index contributed by atoms with van der Waals surface area (Å²) in [5.74, 6) is 0.143. The van der Waals surface area contributed by atoms with E-state index < -0.39 is 0 Å². The number of carbonyl (C=O) groups excluding carboxylic acids is 1. The van der Waals surface area contributed by atoms with Crippen molar-refractivity contribution in [3.8, 4) is 5.75 Å². The lowest BCUT2D eigenvalue weighted by Crippen LogP contribution is -2.18. The number of benzene rings is 2. The summed E-state index contributed by atoms with van der Waals surface area (Å²) in [6.07, 6.45) is 1.51. The lowest BCUT2D eigenvalue weighted by atomic mass is 9.99. The second-order valence-electron chi connectivity index (χ2n) is 4.84. The third-order valence-electron chi connectivity index (χ3n) is 3.36. The molecule has 1 aliphatic rings. The van der Waals surface area contributed by atoms with Gasteiger partial charge in [0, 0.05) is 0 Å². The Labute approximate surface area is 123 Å². The molecule has 21 heavy (non-hydrogen) atoms. The lowest BCUT2D eigenvalue weighted by molar-refractivity contribution is -0.348. The standard InChI is InChI=1S/C17H16O4/c18-17(20-13-7-2-1-3-8-13)15-10-5-4-9-14(15)16-11-6-12-19-21-16/h1-5,7-10,16H,6,11-12H2. The molecule has 0 aliphatic carbocycles. The molecule has 0 radical (unpaired) electrons. The molecule has 2 aromatic carbocycles. The van der Waals surface area contributed by atoms with E-state index in [9.17, 15) is 4.79 Å². The van der Waals surface area contributed by atoms with Crippen LogP contribution < -0.4 is 4.74 Å². The maximum absolute atomic E-state index is 12.4. The van der Waals surface area contributed by atoms with Gasteiger partial charge in [-0.25, -0.2) is 14.6 Å². The maximum Gasteiger partial charge on any atom is 0.343 e. The third kappa shape index (κ3) is 3.29. The molecule has 108 valence electrons. The van der Waals surface area contributed by atoms with Crippen molar-refractivity contribution in [3.05, 3.63) is 65.7 Å². The van der Waals surface area contributed by atoms with Crippen LogP contribution in [0.25, 0.3) is 0 Å². The Morgan fingerprint density at radius 3 is 2.57 bits per heavy atom. The first-order valence-electron chi connectivity index (χ1n) is 6.99. The molecule has 1 heterocycles. The molecule has 1 unspecified atom stereocenters. The average molecular weight is 284 g/mol. The number of para-hydroxylation sites is 1. The number of rotatable bonds is 3. The van der Waals surface area contributed by atoms with E-state index in [2.05, 4.69) is 0 Å². The van der Waals surface area contributed by atoms with E-state index in [0.29, 0.717) is 17.9 Å². The van der Waals surface area contributed by atoms with E-state index in [-0.39, 0.29) is 12.1 Å². The maximum atomic E-state index is 12.4. The average Bonchev–Trinajstić information content (AvgIpc) is 2.56. The molecule has 4 nitrogen and oxygen atoms in total. The van der Waals surface area contributed by atoms with Crippen molar-refractivity contribution < 1.29 is 19.3 Å². The summed E-state index contributed by atoms with van der Waals surface area (Å²) in [6, 6.07) is 16.3. The second-order valence-corrected chi connectivity index (χ2v) is 4.84. The Kier molecular flexibility index (Phi) is 4.28. The smallest absolute Gasteiger partial charge is 0.343 e. The number of esters is 1. The topological polar surface area (TPSA) is 44.8 Å². The van der Waals surface area contributed by atoms with Gasteiger partial charge in [-0.15, -0.1) is 0 Å². The van der Waals surface area contributed by atoms with Gasteiger partial charge in [0.05, 0.1) is 12.2 Å². The molecule has 0 N–H and O–H groups in total. The van der Waals surface area contributed by atoms with E-state index in [1.807, 2.05) is 36.4 Å². The highest BCUT2D eigenvalue weighted by atomic mass is 17.2. The van der Waals surface area contributed by atoms with Gasteiger partial charge in [0.1, 0.15) is 11.9 Å². The molecule has 2 aromatic rings. The van der Waals surface area contributed by atoms with Crippen molar-refractivity contribution in [2.75, 3.05) is 6.61 Å². The summed E-state index contributed by atoms with van der Waals surface area (Å²) < 4.78 is 5.40. The van der Waals surface area contributed by atoms with Crippen LogP contribution in [-0.4, -0.2) is 12.6 Å². The fourth-order valence-electron chi connectivity index (χ4n) is 2.33. The predicted molar refractivity (Wildman–Crippen MR) is 76.9 cm³/mol. The summed E-state index contributed by atoms with van der Waals surface area (Å²) >= 11 is 0. The third-order valence-corrected chi connectivity index (χ3v) is 3.36. The van der Waals surface area contributed by atoms with Gasteiger partial charge in [-0.05, 0) is 36.6 Å². The quantitative estimate of drug-likeness (QED) is 0.490. The summed E-state index contributed by atoms with van der Waals surface area (Å²) in [4.78, 5) is 22.7. The van der Waals surface area contributed by atoms with Crippen LogP contribution in [0.1, 0.15) is 34.9 Å². The molecule has 1 saturated heterocycles. The first kappa shape index (κ1) is 13.8. The Morgan fingerprint density at radius 1 is 1.05 bits per heavy atom. The Hall–Kier alpha value is -2.17. The van der Waals surface area contributed by atoms with Crippen molar-refractivity contribution >= 4 is 5.97 Å². The molecule has 0 aromatic heterocycles. The molecule has 1 fully saturated rings. The normalized spacial score (nSPS) is 18.2. The minimum atomic E-state index is -0.383. The fourth-order valence-corrected chi connectivity index (χ4v) is 2.33. The van der Waals surface area contributed by atoms with E-state index >= 15 is 0 Å². The predicted octanol–water partition coefficient (Wildman–Crippen LogP) is 3.69. The molecule has 0 spiro atoms. The van der Waals surface area contributed by atoms with E-state index in [4.69, 9.17) is 14.5 Å². The van der Waals surface area contributed by atoms with Crippen LogP contribution in [0.3, 0.4) is 0 Å². The van der Waals surface area contributed by atoms with Crippen molar-refractivity contribution in [3.63, 3.8) is 0 Å². The van der Waals surface area contributed by atoms with Crippen molar-refractivity contribution in [2.45, 2.75) is 18.9 Å². The minimum absolute atomic E-state index is 0.224. The Bertz CT molecular complexity index is 603. The monoisotopic (exact) mass is 284 g/mol. The van der Waals surface area contributed by atoms with Crippen LogP contribution in [0.4, 0.5) is 0 Å². The zero-order valence-electron chi connectivity index (χ0n) is 11.5. The fraction of sp³-hybridized carbons (Fsp3) is 0.235. The van der Waals surface area contributed by atoms with Gasteiger partial charge in [0.2, 0.25) is 0 Å². The SMILES string of the molecule is O=C(Oc1ccccc1)c1ccccc1C1CCCOO1. The van der Waals surface area contributed by atoms with Crippen LogP contribution in [0.5, 0.6) is 5.75 Å². The van der Waals surface area contributed by atoms with Crippen LogP contribution >= 0.6 is 0 Å². The molecule has 1 aliphatic heterocycles. The first-order valence-corrected chi connectivity index (χ1v) is 6.99. The van der Waals surface area contributed by atoms with Crippen LogP contribution in [0.15, 0.2) is 54.6 Å². The van der Waals surface area contributed by atoms with Crippen LogP contribution in [0, 0.1) is 0 Å². The summed E-state index contributed by atoms with van der Waals surface area (Å²) in [5.41, 5.74) is 1.31. The highest BCUT2D eigenvalue weighted by Crippen LogP contribution is 2.29. The first-order chi connectivity index (χ1) is 10.3. The highest BCUT2D eigenvalue weighted by molar-refractivity contribution is 5.92. The molecule has 0 bridgehead atoms. The molecular weight excluding hydrogens is 268 g/mol. The molecule has 1 atom stereocenters. The van der Waals surface area contributed by atoms with Crippen LogP contribution in [0.2, 0.25) is 0 Å². The number of ether oxygens (including phenoxy) is 1. The molecule has 4 heteroatoms. The summed E-state index contributed by atoms with van der Waals surface area (Å²) in [5, 5.41) is 0. The van der Waals surface area contributed by atoms with E-state index in [1.165, 1.54) is 0 Å². The van der Waals surface area contributed by atoms with Gasteiger partial charge in [-0.3, -0.25) is 0 Å². The minimum Gasteiger partial charge on any atom is -0.423 e. The van der Waals surface area contributed by atoms with Crippen molar-refractivity contribution in [2.24, 2.45) is 0 Å². The number of hydrogen-bond acceptors (Lipinski definition) is 4. The van der Waals surface area contributed by atoms with Gasteiger partial charge in [-0.1, -0.05) is 36.4 Å². The molecule has 3 rings (SSSR count). The van der Waals surface area contributed by atoms with Crippen molar-refractivity contribution in [1.82, 2.24) is 0 Å². The number of hydrogen-bond donors (Lipinski definition) is 0. The summed E-state index contributed by atoms with van der Waals surface area (Å²) in [6.45, 7) is 0.590. The van der Waals surface area contributed by atoms with E-state index in [1.54, 1.807) is 18.2 Å². The van der Waals surface area contributed by atoms with Gasteiger partial charge in [0.25, 0.3) is 0 Å². The Balaban J connectivity index is 1.82. The summed E-state index contributed by atoms with van der Waals surface area (Å²) in [7, 11) is 0. The lowest BCUT2D eigenvalue weighted by Gasteiger charge is -2.23. The van der Waals surface area contributed by atoms with Gasteiger partial charge in [-0.2, -0.15) is 0 Å². The molecular formula is C17H16O4. The largest absolute Gasteiger partial charge is 0.423 e. The van der Waals surface area contributed by atoms with Crippen LogP contribution in [-0.2, 0) is 9.78 Å². The van der Waals surface area contributed by atoms with Crippen molar-refractivity contribution in [1.29, 1.82) is 0 Å². The number of carbonyl (C=O) groups is 1. The zero-order chi connectivity index (χ0) is 14.5. The Morgan fingerprint density at radius 2 is 1.81 bits per heavy atom. The molecule has 0 amide bonds. The van der Waals surface area contributed by atoms with Gasteiger partial charge >= 0.3 is 5.97 Å². The highest BCUT2D eigenvalue weighted by Gasteiger charge is 2.23. The molecule has 0 saturated carbocycles. The zero-order valence-corrected chi connectivity index (χ0v) is 11.5. The van der Waals surface area contributed by atoms with E-state index in [0.717, 1.165) is 18.4 Å².